The van der Waals surface area contributed by atoms with Crippen LogP contribution in [-0.2, 0) is 0 Å². The molecule has 1 heterocycles. The van der Waals surface area contributed by atoms with Crippen molar-refractivity contribution in [1.29, 1.82) is 0 Å². The Hall–Kier alpha value is -3.00. The standard InChI is InChI=1S/C22H16FN/c1-15-11-12-17(23)13-19(15)22-14-20(16-7-3-2-4-8-16)18-9-5-6-10-21(18)24-22/h2-14H,1H3. The molecule has 0 bridgehead atoms. The minimum absolute atomic E-state index is 0.244. The zero-order valence-corrected chi connectivity index (χ0v) is 13.3. The number of para-hydroxylation sites is 1. The maximum atomic E-state index is 13.7. The van der Waals surface area contributed by atoms with E-state index in [1.807, 2.05) is 43.3 Å². The summed E-state index contributed by atoms with van der Waals surface area (Å²) >= 11 is 0. The highest BCUT2D eigenvalue weighted by Gasteiger charge is 2.11. The number of nitrogens with zero attached hydrogens (tertiary/aromatic N) is 1. The van der Waals surface area contributed by atoms with Gasteiger partial charge >= 0.3 is 0 Å². The quantitative estimate of drug-likeness (QED) is 0.441. The number of rotatable bonds is 2. The number of aromatic nitrogens is 1. The second kappa shape index (κ2) is 5.89. The Labute approximate surface area is 140 Å². The van der Waals surface area contributed by atoms with Crippen molar-refractivity contribution < 1.29 is 4.39 Å². The van der Waals surface area contributed by atoms with Gasteiger partial charge in [0.25, 0.3) is 0 Å². The third-order valence-corrected chi connectivity index (χ3v) is 4.28. The summed E-state index contributed by atoms with van der Waals surface area (Å²) in [6.07, 6.45) is 0. The fraction of sp³-hybridized carbons (Fsp3) is 0.0455. The SMILES string of the molecule is Cc1ccc(F)cc1-c1cc(-c2ccccc2)c2ccccc2n1. The molecule has 3 aromatic carbocycles. The third-order valence-electron chi connectivity index (χ3n) is 4.28. The molecule has 0 amide bonds. The second-order valence-electron chi connectivity index (χ2n) is 5.90. The normalized spacial score (nSPS) is 10.9. The Morgan fingerprint density at radius 2 is 1.50 bits per heavy atom. The predicted molar refractivity (Wildman–Crippen MR) is 97.3 cm³/mol. The van der Waals surface area contributed by atoms with E-state index in [4.69, 9.17) is 4.98 Å². The van der Waals surface area contributed by atoms with Crippen molar-refractivity contribution >= 4 is 10.9 Å². The Bertz CT molecular complexity index is 1020. The number of halogens is 1. The van der Waals surface area contributed by atoms with E-state index in [0.29, 0.717) is 0 Å². The van der Waals surface area contributed by atoms with Gasteiger partial charge in [-0.05, 0) is 47.9 Å². The lowest BCUT2D eigenvalue weighted by molar-refractivity contribution is 0.628. The van der Waals surface area contributed by atoms with Gasteiger partial charge in [-0.3, -0.25) is 0 Å². The van der Waals surface area contributed by atoms with Crippen molar-refractivity contribution in [2.45, 2.75) is 6.92 Å². The van der Waals surface area contributed by atoms with Gasteiger partial charge in [-0.1, -0.05) is 54.6 Å². The summed E-state index contributed by atoms with van der Waals surface area (Å²) in [4.78, 5) is 4.77. The Balaban J connectivity index is 2.03. The molecule has 1 nitrogen and oxygen atoms in total. The summed E-state index contributed by atoms with van der Waals surface area (Å²) in [7, 11) is 0. The van der Waals surface area contributed by atoms with E-state index in [0.717, 1.165) is 38.9 Å². The molecular weight excluding hydrogens is 297 g/mol. The first-order valence-electron chi connectivity index (χ1n) is 7.94. The molecule has 0 spiro atoms. The number of pyridine rings is 1. The highest BCUT2D eigenvalue weighted by molar-refractivity contribution is 5.96. The lowest BCUT2D eigenvalue weighted by Crippen LogP contribution is -1.92. The molecular formula is C22H16FN. The Morgan fingerprint density at radius 1 is 0.750 bits per heavy atom. The Kier molecular flexibility index (Phi) is 3.58. The highest BCUT2D eigenvalue weighted by Crippen LogP contribution is 2.33. The molecule has 0 aliphatic carbocycles. The molecule has 0 unspecified atom stereocenters. The molecule has 2 heteroatoms. The van der Waals surface area contributed by atoms with Crippen LogP contribution in [0.25, 0.3) is 33.3 Å². The lowest BCUT2D eigenvalue weighted by atomic mass is 9.97. The summed E-state index contributed by atoms with van der Waals surface area (Å²) in [5.41, 5.74) is 5.80. The molecule has 1 aromatic heterocycles. The van der Waals surface area contributed by atoms with Crippen LogP contribution in [0.4, 0.5) is 4.39 Å². The molecule has 0 N–H and O–H groups in total. The molecule has 4 aromatic rings. The first-order chi connectivity index (χ1) is 11.7. The smallest absolute Gasteiger partial charge is 0.123 e. The van der Waals surface area contributed by atoms with E-state index in [2.05, 4.69) is 24.3 Å². The number of aryl methyl sites for hydroxylation is 1. The van der Waals surface area contributed by atoms with Crippen LogP contribution in [0.15, 0.2) is 78.9 Å². The summed E-state index contributed by atoms with van der Waals surface area (Å²) < 4.78 is 13.7. The first-order valence-corrected chi connectivity index (χ1v) is 7.94. The van der Waals surface area contributed by atoms with Gasteiger partial charge in [0.2, 0.25) is 0 Å². The van der Waals surface area contributed by atoms with Crippen molar-refractivity contribution in [3.05, 3.63) is 90.2 Å². The van der Waals surface area contributed by atoms with Crippen LogP contribution in [0, 0.1) is 12.7 Å². The molecule has 0 fully saturated rings. The van der Waals surface area contributed by atoms with E-state index in [1.165, 1.54) is 6.07 Å². The van der Waals surface area contributed by atoms with Crippen molar-refractivity contribution in [2.75, 3.05) is 0 Å². The summed E-state index contributed by atoms with van der Waals surface area (Å²) in [5.74, 6) is -0.244. The first kappa shape index (κ1) is 14.6. The largest absolute Gasteiger partial charge is 0.248 e. The number of hydrogen-bond donors (Lipinski definition) is 0. The van der Waals surface area contributed by atoms with Gasteiger partial charge in [0.1, 0.15) is 5.82 Å². The van der Waals surface area contributed by atoms with E-state index in [-0.39, 0.29) is 5.82 Å². The van der Waals surface area contributed by atoms with Crippen molar-refractivity contribution in [1.82, 2.24) is 4.98 Å². The molecule has 0 atom stereocenters. The van der Waals surface area contributed by atoms with Crippen LogP contribution in [0.2, 0.25) is 0 Å². The number of benzene rings is 3. The zero-order chi connectivity index (χ0) is 16.5. The monoisotopic (exact) mass is 313 g/mol. The molecule has 0 aliphatic heterocycles. The van der Waals surface area contributed by atoms with Crippen molar-refractivity contribution in [3.8, 4) is 22.4 Å². The average molecular weight is 313 g/mol. The van der Waals surface area contributed by atoms with E-state index in [1.54, 1.807) is 12.1 Å². The van der Waals surface area contributed by atoms with Gasteiger partial charge in [-0.2, -0.15) is 0 Å². The van der Waals surface area contributed by atoms with Crippen molar-refractivity contribution in [2.24, 2.45) is 0 Å². The molecule has 0 saturated heterocycles. The van der Waals surface area contributed by atoms with Gasteiger partial charge in [0, 0.05) is 10.9 Å². The highest BCUT2D eigenvalue weighted by atomic mass is 19.1. The van der Waals surface area contributed by atoms with Crippen LogP contribution >= 0.6 is 0 Å². The fourth-order valence-corrected chi connectivity index (χ4v) is 3.04. The summed E-state index contributed by atoms with van der Waals surface area (Å²) in [5, 5.41) is 1.10. The average Bonchev–Trinajstić information content (AvgIpc) is 2.63. The van der Waals surface area contributed by atoms with E-state index < -0.39 is 0 Å². The third kappa shape index (κ3) is 2.56. The molecule has 116 valence electrons. The Morgan fingerprint density at radius 3 is 2.33 bits per heavy atom. The van der Waals surface area contributed by atoms with E-state index in [9.17, 15) is 4.39 Å². The molecule has 0 aliphatic rings. The van der Waals surface area contributed by atoms with Gasteiger partial charge in [-0.25, -0.2) is 9.37 Å². The van der Waals surface area contributed by atoms with Gasteiger partial charge in [0.15, 0.2) is 0 Å². The topological polar surface area (TPSA) is 12.9 Å². The van der Waals surface area contributed by atoms with Gasteiger partial charge < -0.3 is 0 Å². The fourth-order valence-electron chi connectivity index (χ4n) is 3.04. The summed E-state index contributed by atoms with van der Waals surface area (Å²) in [6.45, 7) is 1.98. The van der Waals surface area contributed by atoms with Crippen molar-refractivity contribution in [3.63, 3.8) is 0 Å². The second-order valence-corrected chi connectivity index (χ2v) is 5.90. The van der Waals surface area contributed by atoms with Crippen LogP contribution in [0.3, 0.4) is 0 Å². The zero-order valence-electron chi connectivity index (χ0n) is 13.3. The number of hydrogen-bond acceptors (Lipinski definition) is 1. The maximum Gasteiger partial charge on any atom is 0.123 e. The minimum atomic E-state index is -0.244. The maximum absolute atomic E-state index is 13.7. The molecule has 24 heavy (non-hydrogen) atoms. The van der Waals surface area contributed by atoms with E-state index >= 15 is 0 Å². The van der Waals surface area contributed by atoms with Crippen LogP contribution < -0.4 is 0 Å². The van der Waals surface area contributed by atoms with Gasteiger partial charge in [0.05, 0.1) is 11.2 Å². The lowest BCUT2D eigenvalue weighted by Gasteiger charge is -2.12. The minimum Gasteiger partial charge on any atom is -0.248 e. The molecule has 0 saturated carbocycles. The number of fused-ring (bicyclic) bond motifs is 1. The van der Waals surface area contributed by atoms with Gasteiger partial charge in [-0.15, -0.1) is 0 Å². The molecule has 0 radical (unpaired) electrons. The summed E-state index contributed by atoms with van der Waals surface area (Å²) in [6, 6.07) is 25.2. The van der Waals surface area contributed by atoms with Crippen LogP contribution in [0.5, 0.6) is 0 Å². The molecule has 4 rings (SSSR count). The predicted octanol–water partition coefficient (Wildman–Crippen LogP) is 6.02. The van der Waals surface area contributed by atoms with Crippen LogP contribution in [0.1, 0.15) is 5.56 Å². The van der Waals surface area contributed by atoms with Crippen LogP contribution in [-0.4, -0.2) is 4.98 Å².